The van der Waals surface area contributed by atoms with Crippen LogP contribution in [0.2, 0.25) is 0 Å². The summed E-state index contributed by atoms with van der Waals surface area (Å²) in [6, 6.07) is 0. The van der Waals surface area contributed by atoms with Crippen LogP contribution in [-0.4, -0.2) is 204 Å². The molecule has 1 nitrogen and oxygen atoms in total. The first-order chi connectivity index (χ1) is 33.2. The molecule has 0 aliphatic rings. The molecule has 9 aromatic carbocycles. The zero-order chi connectivity index (χ0) is 52.1. The summed E-state index contributed by atoms with van der Waals surface area (Å²) in [5.41, 5.74) is 43.3. The highest BCUT2D eigenvalue weighted by molar-refractivity contribution is 6.78. The van der Waals surface area contributed by atoms with E-state index in [2.05, 4.69) is 204 Å². The van der Waals surface area contributed by atoms with Gasteiger partial charge in [-0.15, -0.1) is 49.2 Å². The van der Waals surface area contributed by atoms with E-state index in [1.165, 1.54) is 229 Å². The molecule has 0 aliphatic carbocycles. The summed E-state index contributed by atoms with van der Waals surface area (Å²) in [7, 11) is 61.7. The summed E-state index contributed by atoms with van der Waals surface area (Å²) in [6.45, 7) is 0. The smallest absolute Gasteiger partial charge is 0.143 e. The van der Waals surface area contributed by atoms with Crippen LogP contribution in [-0.2, 0) is 0 Å². The second-order valence-electron chi connectivity index (χ2n) is 23.0. The Kier molecular flexibility index (Phi) is 11.8. The van der Waals surface area contributed by atoms with E-state index in [9.17, 15) is 0 Å². The van der Waals surface area contributed by atoms with E-state index in [0.29, 0.717) is 0 Å². The number of hydrogen-bond acceptors (Lipinski definition) is 1. The molecule has 0 amide bonds. The maximum absolute atomic E-state index is 7.38. The standard InChI is InChI=1S/C44H52B26O/c45-17-11(30(58)42(70)44-15(17)16-31(59)27(55)13-14(43(16)71-44)32(60)41(69)40(68)29(13)57)2-6-3(20(48)34(62)36(64)22(6)50)1(4-7(2)23(51)37(65)35(63)21(4)49)5-8-9(24(52)33(61)19(5)47)10-12(26(54)18(8)46)28(56)39(67)38(66)25(10)53/h45-70H2. The van der Waals surface area contributed by atoms with Gasteiger partial charge in [0.05, 0.1) is 0 Å². The lowest BCUT2D eigenvalue weighted by atomic mass is 9.56. The predicted molar refractivity (Wildman–Crippen MR) is 405 cm³/mol. The first kappa shape index (κ1) is 50.3. The highest BCUT2D eigenvalue weighted by Crippen LogP contribution is 2.42. The van der Waals surface area contributed by atoms with Crippen molar-refractivity contribution in [3.63, 3.8) is 0 Å². The van der Waals surface area contributed by atoms with Crippen molar-refractivity contribution in [1.82, 2.24) is 0 Å². The van der Waals surface area contributed by atoms with Gasteiger partial charge < -0.3 is 4.42 Å². The minimum atomic E-state index is 1.03. The lowest BCUT2D eigenvalue weighted by Crippen LogP contribution is -2.52. The van der Waals surface area contributed by atoms with Crippen LogP contribution in [0, 0.1) is 0 Å². The Hall–Kier alpha value is -4.23. The van der Waals surface area contributed by atoms with Gasteiger partial charge in [0.2, 0.25) is 0 Å². The van der Waals surface area contributed by atoms with Gasteiger partial charge in [-0.1, -0.05) is 92.9 Å². The van der Waals surface area contributed by atoms with Crippen molar-refractivity contribution in [2.45, 2.75) is 0 Å². The molecule has 71 heavy (non-hydrogen) atoms. The van der Waals surface area contributed by atoms with Crippen molar-refractivity contribution < 1.29 is 4.42 Å². The van der Waals surface area contributed by atoms with Gasteiger partial charge in [0.25, 0.3) is 0 Å². The number of furan rings is 1. The molecule has 0 saturated heterocycles. The Balaban J connectivity index is 1.54. The van der Waals surface area contributed by atoms with Gasteiger partial charge in [-0.05, 0) is 70.7 Å². The topological polar surface area (TPSA) is 13.1 Å². The molecule has 1 heterocycles. The third-order valence-corrected chi connectivity index (χ3v) is 20.7. The first-order valence-corrected chi connectivity index (χ1v) is 26.4. The largest absolute Gasteiger partial charge is 0.456 e. The first-order valence-electron chi connectivity index (χ1n) is 26.4. The van der Waals surface area contributed by atoms with Gasteiger partial charge in [-0.2, -0.15) is 0 Å². The minimum Gasteiger partial charge on any atom is -0.456 e. The summed E-state index contributed by atoms with van der Waals surface area (Å²) in [4.78, 5) is 0. The molecule has 1 aromatic heterocycles. The number of benzene rings is 9. The summed E-state index contributed by atoms with van der Waals surface area (Å²) in [6.07, 6.45) is 0. The van der Waals surface area contributed by atoms with Gasteiger partial charge in [0.1, 0.15) is 215 Å². The highest BCUT2D eigenvalue weighted by atomic mass is 16.3. The van der Waals surface area contributed by atoms with E-state index < -0.39 is 0 Å². The third-order valence-electron chi connectivity index (χ3n) is 20.7. The van der Waals surface area contributed by atoms with Crippen molar-refractivity contribution in [2.75, 3.05) is 0 Å². The summed E-state index contributed by atoms with van der Waals surface area (Å²) in [5, 5.41) is 16.5. The zero-order valence-electron chi connectivity index (χ0n) is 48.4. The summed E-state index contributed by atoms with van der Waals surface area (Å²) in [5.74, 6) is 0. The number of hydrogen-bond donors (Lipinski definition) is 0. The monoisotopic (exact) mass is 883 g/mol. The fraction of sp³-hybridized carbons (Fsp3) is 0. The average molecular weight is 878 g/mol. The minimum absolute atomic E-state index is 1.03. The maximum atomic E-state index is 7.38. The lowest BCUT2D eigenvalue weighted by molar-refractivity contribution is 0.676. The summed E-state index contributed by atoms with van der Waals surface area (Å²) < 4.78 is 7.38. The van der Waals surface area contributed by atoms with Crippen LogP contribution in [0.4, 0.5) is 0 Å². The van der Waals surface area contributed by atoms with Crippen LogP contribution in [0.1, 0.15) is 0 Å². The molecule has 10 aromatic rings. The van der Waals surface area contributed by atoms with Crippen LogP contribution in [0.3, 0.4) is 0 Å². The quantitative estimate of drug-likeness (QED) is 0.0958. The van der Waals surface area contributed by atoms with E-state index in [0.717, 1.165) is 11.2 Å². The van der Waals surface area contributed by atoms with Crippen molar-refractivity contribution >= 4 is 422 Å². The molecule has 0 aliphatic heterocycles. The van der Waals surface area contributed by atoms with Gasteiger partial charge in [-0.25, -0.2) is 0 Å². The fourth-order valence-corrected chi connectivity index (χ4v) is 14.4. The molecule has 0 atom stereocenters. The van der Waals surface area contributed by atoms with Crippen LogP contribution in [0.25, 0.3) is 98.1 Å². The lowest BCUT2D eigenvalue weighted by Gasteiger charge is -2.32. The highest BCUT2D eigenvalue weighted by Gasteiger charge is 2.32. The van der Waals surface area contributed by atoms with Gasteiger partial charge in [0, 0.05) is 16.2 Å². The summed E-state index contributed by atoms with van der Waals surface area (Å²) >= 11 is 0. The van der Waals surface area contributed by atoms with Crippen LogP contribution in [0.15, 0.2) is 4.42 Å². The Labute approximate surface area is 445 Å². The molecule has 312 valence electrons. The molecule has 0 fully saturated rings. The fourth-order valence-electron chi connectivity index (χ4n) is 14.4. The maximum Gasteiger partial charge on any atom is 0.143 e. The van der Waals surface area contributed by atoms with E-state index in [-0.39, 0.29) is 0 Å². The average Bonchev–Trinajstić information content (AvgIpc) is 3.75. The molecule has 10 rings (SSSR count). The second-order valence-corrected chi connectivity index (χ2v) is 23.0. The van der Waals surface area contributed by atoms with Gasteiger partial charge >= 0.3 is 0 Å². The SMILES string of the molecule is Bc1c(-c2c3c(B)c(B)c(B)c(B)c3c(-c3c(B)c(B)c(B)c4c3c(B)c(B)c3c(B)c(B)c(B)c(B)c34)c3c(B)c(B)c(B)c(B)c23)c(B)c2c(oc3c4c(B)c(B)c(B)c(B)c4c(B)c(B)c32)c1B. The van der Waals surface area contributed by atoms with Crippen molar-refractivity contribution in [3.05, 3.63) is 0 Å². The molecular formula is C44H52B26O. The molecule has 27 heteroatoms. The van der Waals surface area contributed by atoms with Crippen LogP contribution < -0.4 is 142 Å². The molecule has 0 N–H and O–H groups in total. The van der Waals surface area contributed by atoms with Crippen molar-refractivity contribution in [1.29, 1.82) is 0 Å². The third kappa shape index (κ3) is 6.20. The van der Waals surface area contributed by atoms with Crippen molar-refractivity contribution in [2.24, 2.45) is 0 Å². The van der Waals surface area contributed by atoms with E-state index in [4.69, 9.17) is 4.42 Å². The van der Waals surface area contributed by atoms with E-state index in [1.54, 1.807) is 0 Å². The molecule has 0 spiro atoms. The van der Waals surface area contributed by atoms with Gasteiger partial charge in [0.15, 0.2) is 0 Å². The molecular weight excluding hydrogens is 826 g/mol. The van der Waals surface area contributed by atoms with Crippen LogP contribution >= 0.6 is 0 Å². The second kappa shape index (κ2) is 16.6. The predicted octanol–water partition coefficient (Wildman–Crippen LogP) is -32.6. The zero-order valence-corrected chi connectivity index (χ0v) is 48.4. The van der Waals surface area contributed by atoms with Gasteiger partial charge in [-0.3, -0.25) is 0 Å². The molecule has 0 radical (unpaired) electrons. The normalized spacial score (nSPS) is 12.0. The molecule has 0 bridgehead atoms. The molecule has 0 unspecified atom stereocenters. The van der Waals surface area contributed by atoms with E-state index >= 15 is 0 Å². The Morgan fingerprint density at radius 3 is 0.746 bits per heavy atom. The Morgan fingerprint density at radius 2 is 0.338 bits per heavy atom. The van der Waals surface area contributed by atoms with Crippen molar-refractivity contribution in [3.8, 4) is 22.3 Å². The van der Waals surface area contributed by atoms with Crippen LogP contribution in [0.5, 0.6) is 0 Å². The Bertz CT molecular complexity index is 4210. The number of fused-ring (bicyclic) bond motifs is 10. The molecule has 0 saturated carbocycles. The van der Waals surface area contributed by atoms with E-state index in [1.807, 2.05) is 0 Å². The number of rotatable bonds is 2. The Morgan fingerprint density at radius 1 is 0.127 bits per heavy atom.